The molecule has 32 heavy (non-hydrogen) atoms. The lowest BCUT2D eigenvalue weighted by Gasteiger charge is -2.15. The van der Waals surface area contributed by atoms with Crippen LogP contribution in [0.25, 0.3) is 22.6 Å². The van der Waals surface area contributed by atoms with Crippen molar-refractivity contribution in [2.24, 2.45) is 0 Å². The fourth-order valence-corrected chi connectivity index (χ4v) is 3.45. The van der Waals surface area contributed by atoms with Crippen LogP contribution >= 0.6 is 0 Å². The van der Waals surface area contributed by atoms with Crippen molar-refractivity contribution in [2.75, 3.05) is 5.32 Å². The van der Waals surface area contributed by atoms with E-state index >= 15 is 0 Å². The lowest BCUT2D eigenvalue weighted by atomic mass is 10.1. The smallest absolute Gasteiger partial charge is 0.240 e. The normalized spacial score (nSPS) is 12.2. The summed E-state index contributed by atoms with van der Waals surface area (Å²) in [6.07, 6.45) is 0.376. The molecule has 0 unspecified atom stereocenters. The van der Waals surface area contributed by atoms with Gasteiger partial charge in [-0.25, -0.2) is 28.1 Å². The Hall–Kier alpha value is -3.68. The molecule has 0 aliphatic carbocycles. The third-order valence-electron chi connectivity index (χ3n) is 5.09. The predicted octanol–water partition coefficient (Wildman–Crippen LogP) is 5.97. The summed E-state index contributed by atoms with van der Waals surface area (Å²) in [7, 11) is 0. The summed E-state index contributed by atoms with van der Waals surface area (Å²) >= 11 is 0. The maximum atomic E-state index is 13.4. The van der Waals surface area contributed by atoms with Crippen molar-refractivity contribution in [3.63, 3.8) is 0 Å². The number of halogens is 3. The van der Waals surface area contributed by atoms with Crippen molar-refractivity contribution in [1.29, 1.82) is 0 Å². The molecule has 0 bridgehead atoms. The maximum Gasteiger partial charge on any atom is 0.240 e. The molecular weight excluding hydrogens is 415 g/mol. The number of benzene rings is 2. The van der Waals surface area contributed by atoms with Gasteiger partial charge >= 0.3 is 0 Å². The van der Waals surface area contributed by atoms with Gasteiger partial charge < -0.3 is 9.88 Å². The molecule has 1 atom stereocenters. The predicted molar refractivity (Wildman–Crippen MR) is 118 cm³/mol. The minimum absolute atomic E-state index is 0.0354. The molecule has 8 heteroatoms. The van der Waals surface area contributed by atoms with Crippen LogP contribution in [0.3, 0.4) is 0 Å². The van der Waals surface area contributed by atoms with E-state index < -0.39 is 6.43 Å². The molecule has 5 nitrogen and oxygen atoms in total. The molecule has 0 aliphatic heterocycles. The van der Waals surface area contributed by atoms with Crippen LogP contribution < -0.4 is 5.32 Å². The second kappa shape index (κ2) is 9.64. The second-order valence-corrected chi connectivity index (χ2v) is 7.36. The summed E-state index contributed by atoms with van der Waals surface area (Å²) in [6, 6.07) is 17.5. The number of hydrogen-bond acceptors (Lipinski definition) is 4. The van der Waals surface area contributed by atoms with Crippen LogP contribution in [-0.2, 0) is 6.54 Å². The summed E-state index contributed by atoms with van der Waals surface area (Å²) in [4.78, 5) is 13.4. The summed E-state index contributed by atoms with van der Waals surface area (Å²) in [6.45, 7) is 2.08. The molecule has 4 aromatic rings. The molecule has 0 aliphatic rings. The van der Waals surface area contributed by atoms with Gasteiger partial charge in [0.25, 0.3) is 0 Å². The SMILES string of the molecule is C[C@H](Nc1nccc(-c2c(-c3ccc(F)cc3)ncn2CCC(F)F)n1)c1ccccc1. The monoisotopic (exact) mass is 437 g/mol. The van der Waals surface area contributed by atoms with E-state index in [4.69, 9.17) is 0 Å². The summed E-state index contributed by atoms with van der Waals surface area (Å²) in [5, 5.41) is 3.28. The quantitative estimate of drug-likeness (QED) is 0.369. The zero-order valence-corrected chi connectivity index (χ0v) is 17.4. The molecule has 2 heterocycles. The first kappa shape index (κ1) is 21.5. The van der Waals surface area contributed by atoms with Gasteiger partial charge in [0, 0.05) is 24.7 Å². The number of rotatable bonds is 8. The molecule has 1 N–H and O–H groups in total. The van der Waals surface area contributed by atoms with Gasteiger partial charge in [-0.3, -0.25) is 0 Å². The Morgan fingerprint density at radius 1 is 0.969 bits per heavy atom. The van der Waals surface area contributed by atoms with Gasteiger partial charge in [-0.15, -0.1) is 0 Å². The lowest BCUT2D eigenvalue weighted by Crippen LogP contribution is -2.10. The van der Waals surface area contributed by atoms with Crippen molar-refractivity contribution in [3.8, 4) is 22.6 Å². The van der Waals surface area contributed by atoms with Crippen molar-refractivity contribution in [2.45, 2.75) is 32.4 Å². The zero-order chi connectivity index (χ0) is 22.5. The number of anilines is 1. The van der Waals surface area contributed by atoms with Gasteiger partial charge in [0.15, 0.2) is 0 Å². The van der Waals surface area contributed by atoms with E-state index in [1.807, 2.05) is 37.3 Å². The van der Waals surface area contributed by atoms with Crippen molar-refractivity contribution in [1.82, 2.24) is 19.5 Å². The van der Waals surface area contributed by atoms with Gasteiger partial charge in [0.05, 0.1) is 29.5 Å². The molecule has 2 aromatic heterocycles. The number of hydrogen-bond donors (Lipinski definition) is 1. The number of aromatic nitrogens is 4. The third kappa shape index (κ3) is 4.96. The van der Waals surface area contributed by atoms with Crippen molar-refractivity contribution >= 4 is 5.95 Å². The molecule has 0 amide bonds. The largest absolute Gasteiger partial charge is 0.348 e. The third-order valence-corrected chi connectivity index (χ3v) is 5.09. The van der Waals surface area contributed by atoms with E-state index in [-0.39, 0.29) is 24.8 Å². The summed E-state index contributed by atoms with van der Waals surface area (Å²) in [5.41, 5.74) is 3.41. The first-order valence-corrected chi connectivity index (χ1v) is 10.3. The van der Waals surface area contributed by atoms with Crippen molar-refractivity contribution < 1.29 is 13.2 Å². The van der Waals surface area contributed by atoms with Crippen LogP contribution in [0.1, 0.15) is 24.9 Å². The Morgan fingerprint density at radius 2 is 1.72 bits per heavy atom. The Labute approximate surface area is 184 Å². The molecular formula is C24H22F3N5. The second-order valence-electron chi connectivity index (χ2n) is 7.36. The topological polar surface area (TPSA) is 55.6 Å². The minimum Gasteiger partial charge on any atom is -0.348 e. The molecule has 2 aromatic carbocycles. The maximum absolute atomic E-state index is 13.4. The molecule has 0 saturated carbocycles. The highest BCUT2D eigenvalue weighted by Gasteiger charge is 2.18. The number of aryl methyl sites for hydroxylation is 1. The highest BCUT2D eigenvalue weighted by Crippen LogP contribution is 2.31. The fourth-order valence-electron chi connectivity index (χ4n) is 3.45. The van der Waals surface area contributed by atoms with Crippen LogP contribution in [0.4, 0.5) is 19.1 Å². The van der Waals surface area contributed by atoms with E-state index in [1.165, 1.54) is 18.5 Å². The lowest BCUT2D eigenvalue weighted by molar-refractivity contribution is 0.131. The Bertz CT molecular complexity index is 1160. The first-order valence-electron chi connectivity index (χ1n) is 10.3. The van der Waals surface area contributed by atoms with E-state index in [9.17, 15) is 13.2 Å². The Balaban J connectivity index is 1.70. The Morgan fingerprint density at radius 3 is 2.44 bits per heavy atom. The number of nitrogens with one attached hydrogen (secondary N) is 1. The first-order chi connectivity index (χ1) is 15.5. The highest BCUT2D eigenvalue weighted by atomic mass is 19.3. The zero-order valence-electron chi connectivity index (χ0n) is 17.4. The average molecular weight is 437 g/mol. The van der Waals surface area contributed by atoms with Crippen LogP contribution in [0.2, 0.25) is 0 Å². The van der Waals surface area contributed by atoms with Gasteiger partial charge in [-0.1, -0.05) is 30.3 Å². The number of alkyl halides is 2. The van der Waals surface area contributed by atoms with E-state index in [0.29, 0.717) is 28.6 Å². The molecule has 0 fully saturated rings. The molecule has 0 saturated heterocycles. The van der Waals surface area contributed by atoms with Crippen LogP contribution in [-0.4, -0.2) is 25.9 Å². The number of nitrogens with zero attached hydrogens (tertiary/aromatic N) is 4. The van der Waals surface area contributed by atoms with Crippen LogP contribution in [0.5, 0.6) is 0 Å². The van der Waals surface area contributed by atoms with E-state index in [2.05, 4.69) is 20.3 Å². The Kier molecular flexibility index (Phi) is 6.49. The fraction of sp³-hybridized carbons (Fsp3) is 0.208. The van der Waals surface area contributed by atoms with Crippen LogP contribution in [0, 0.1) is 5.82 Å². The summed E-state index contributed by atoms with van der Waals surface area (Å²) in [5.74, 6) is 0.0429. The minimum atomic E-state index is -2.44. The average Bonchev–Trinajstić information content (AvgIpc) is 3.23. The molecule has 0 spiro atoms. The number of imidazole rings is 1. The van der Waals surface area contributed by atoms with E-state index in [1.54, 1.807) is 29.0 Å². The van der Waals surface area contributed by atoms with Gasteiger partial charge in [-0.05, 0) is 42.8 Å². The standard InChI is InChI=1S/C24H22F3N5/c1-16(17-5-3-2-4-6-17)30-24-28-13-11-20(31-24)23-22(18-7-9-19(25)10-8-18)29-15-32(23)14-12-21(26)27/h2-11,13,15-16,21H,12,14H2,1H3,(H,28,30,31)/t16-/m0/s1. The van der Waals surface area contributed by atoms with E-state index in [0.717, 1.165) is 5.56 Å². The molecule has 0 radical (unpaired) electrons. The van der Waals surface area contributed by atoms with Gasteiger partial charge in [-0.2, -0.15) is 0 Å². The van der Waals surface area contributed by atoms with Crippen molar-refractivity contribution in [3.05, 3.63) is 84.6 Å². The highest BCUT2D eigenvalue weighted by molar-refractivity contribution is 5.77. The van der Waals surface area contributed by atoms with Gasteiger partial charge in [0.1, 0.15) is 5.82 Å². The van der Waals surface area contributed by atoms with Crippen LogP contribution in [0.15, 0.2) is 73.2 Å². The molecule has 164 valence electrons. The summed E-state index contributed by atoms with van der Waals surface area (Å²) < 4.78 is 40.8. The molecule has 4 rings (SSSR count). The van der Waals surface area contributed by atoms with Gasteiger partial charge in [0.2, 0.25) is 12.4 Å².